The molecule has 0 amide bonds. The summed E-state index contributed by atoms with van der Waals surface area (Å²) in [5.74, 6) is 0. The van der Waals surface area contributed by atoms with E-state index in [1.165, 1.54) is 19.3 Å². The summed E-state index contributed by atoms with van der Waals surface area (Å²) in [5, 5.41) is 1.66. The summed E-state index contributed by atoms with van der Waals surface area (Å²) in [5.41, 5.74) is 1.60. The highest BCUT2D eigenvalue weighted by Crippen LogP contribution is 2.38. The molecular weight excluding hydrogens is 300 g/mol. The Balaban J connectivity index is 1.64. The highest BCUT2D eigenvalue weighted by molar-refractivity contribution is 6.04. The molecule has 24 heavy (non-hydrogen) atoms. The Morgan fingerprint density at radius 2 is 1.75 bits per heavy atom. The molecule has 1 aromatic carbocycles. The van der Waals surface area contributed by atoms with Gasteiger partial charge in [-0.15, -0.1) is 0 Å². The Hall–Kier alpha value is -2.07. The number of para-hydroxylation sites is 1. The molecular formula is C20H22N2O2. The van der Waals surface area contributed by atoms with Crippen molar-refractivity contribution in [3.63, 3.8) is 0 Å². The largest absolute Gasteiger partial charge is 0.456 e. The summed E-state index contributed by atoms with van der Waals surface area (Å²) in [6.07, 6.45) is 7.94. The summed E-state index contributed by atoms with van der Waals surface area (Å²) in [6, 6.07) is 11.3. The minimum Gasteiger partial charge on any atom is -0.456 e. The van der Waals surface area contributed by atoms with Gasteiger partial charge in [-0.1, -0.05) is 24.6 Å². The average molecular weight is 322 g/mol. The van der Waals surface area contributed by atoms with E-state index < -0.39 is 0 Å². The van der Waals surface area contributed by atoms with Gasteiger partial charge in [-0.3, -0.25) is 4.79 Å². The minimum atomic E-state index is 0.102. The van der Waals surface area contributed by atoms with Crippen LogP contribution in [0.4, 0.5) is 0 Å². The third kappa shape index (κ3) is 1.99. The van der Waals surface area contributed by atoms with Gasteiger partial charge in [-0.05, 0) is 44.9 Å². The summed E-state index contributed by atoms with van der Waals surface area (Å²) in [4.78, 5) is 15.7. The minimum absolute atomic E-state index is 0.102. The van der Waals surface area contributed by atoms with Gasteiger partial charge < -0.3 is 13.9 Å². The molecule has 2 saturated heterocycles. The van der Waals surface area contributed by atoms with E-state index in [4.69, 9.17) is 4.42 Å². The molecule has 0 N–H and O–H groups in total. The van der Waals surface area contributed by atoms with Gasteiger partial charge in [0.2, 0.25) is 0 Å². The Labute approximate surface area is 140 Å². The van der Waals surface area contributed by atoms with Crippen LogP contribution in [-0.2, 0) is 0 Å². The maximum absolute atomic E-state index is 13.2. The quantitative estimate of drug-likeness (QED) is 0.681. The second-order valence-electron chi connectivity index (χ2n) is 7.39. The third-order valence-corrected chi connectivity index (χ3v) is 6.17. The smallest absolute Gasteiger partial charge is 0.262 e. The maximum atomic E-state index is 13.2. The van der Waals surface area contributed by atoms with Gasteiger partial charge in [0, 0.05) is 29.7 Å². The lowest BCUT2D eigenvalue weighted by atomic mass is 9.82. The first kappa shape index (κ1) is 14.3. The normalized spacial score (nSPS) is 27.8. The topological polar surface area (TPSA) is 38.4 Å². The Morgan fingerprint density at radius 1 is 1.00 bits per heavy atom. The number of furan rings is 1. The lowest BCUT2D eigenvalue weighted by Gasteiger charge is -2.47. The van der Waals surface area contributed by atoms with E-state index in [-0.39, 0.29) is 5.56 Å². The predicted octanol–water partition coefficient (Wildman–Crippen LogP) is 3.94. The molecule has 0 spiro atoms. The van der Waals surface area contributed by atoms with Crippen molar-refractivity contribution in [3.05, 3.63) is 46.9 Å². The van der Waals surface area contributed by atoms with Crippen molar-refractivity contribution in [1.82, 2.24) is 9.47 Å². The average Bonchev–Trinajstić information content (AvgIpc) is 2.94. The zero-order valence-electron chi connectivity index (χ0n) is 13.9. The van der Waals surface area contributed by atoms with Crippen molar-refractivity contribution in [2.45, 2.75) is 50.2 Å². The molecule has 5 rings (SSSR count). The molecule has 0 saturated carbocycles. The van der Waals surface area contributed by atoms with Crippen LogP contribution in [0.2, 0.25) is 0 Å². The molecule has 4 heterocycles. The van der Waals surface area contributed by atoms with Crippen molar-refractivity contribution < 1.29 is 4.42 Å². The fourth-order valence-corrected chi connectivity index (χ4v) is 4.85. The lowest BCUT2D eigenvalue weighted by molar-refractivity contribution is 0.0393. The van der Waals surface area contributed by atoms with Crippen LogP contribution < -0.4 is 5.56 Å². The fraction of sp³-hybridized carbons (Fsp3) is 0.450. The number of hydrogen-bond acceptors (Lipinski definition) is 3. The van der Waals surface area contributed by atoms with E-state index in [1.807, 2.05) is 41.1 Å². The molecule has 0 unspecified atom stereocenters. The highest BCUT2D eigenvalue weighted by atomic mass is 16.3. The third-order valence-electron chi connectivity index (χ3n) is 6.17. The summed E-state index contributed by atoms with van der Waals surface area (Å²) in [6.45, 7) is 0. The van der Waals surface area contributed by atoms with Crippen molar-refractivity contribution in [1.29, 1.82) is 0 Å². The zero-order chi connectivity index (χ0) is 16.3. The standard InChI is InChI=1S/C20H22N2O2/c1-21-13-5-4-6-14(21)12-15(11-13)22-10-9-18-19(20(22)23)16-7-2-3-8-17(16)24-18/h2-3,7-10,13-15H,4-6,11-12H2,1H3/t13-,14+,15-. The van der Waals surface area contributed by atoms with Gasteiger partial charge in [0.15, 0.2) is 0 Å². The van der Waals surface area contributed by atoms with Crippen molar-refractivity contribution in [2.75, 3.05) is 7.05 Å². The molecule has 0 radical (unpaired) electrons. The predicted molar refractivity (Wildman–Crippen MR) is 95.4 cm³/mol. The first-order chi connectivity index (χ1) is 11.7. The lowest BCUT2D eigenvalue weighted by Crippen LogP contribution is -2.50. The summed E-state index contributed by atoms with van der Waals surface area (Å²) < 4.78 is 7.82. The second-order valence-corrected chi connectivity index (χ2v) is 7.39. The molecule has 4 heteroatoms. The molecule has 2 fully saturated rings. The molecule has 3 aromatic rings. The van der Waals surface area contributed by atoms with Crippen LogP contribution in [-0.4, -0.2) is 28.6 Å². The van der Waals surface area contributed by atoms with Gasteiger partial charge in [0.1, 0.15) is 11.2 Å². The van der Waals surface area contributed by atoms with Crippen LogP contribution in [0.3, 0.4) is 0 Å². The fourth-order valence-electron chi connectivity index (χ4n) is 4.85. The molecule has 3 atom stereocenters. The number of aromatic nitrogens is 1. The molecule has 2 bridgehead atoms. The van der Waals surface area contributed by atoms with E-state index in [0.717, 1.165) is 29.2 Å². The molecule has 0 aliphatic carbocycles. The number of piperidine rings is 2. The number of nitrogens with zero attached hydrogens (tertiary/aromatic N) is 2. The molecule has 4 nitrogen and oxygen atoms in total. The van der Waals surface area contributed by atoms with Crippen molar-refractivity contribution in [3.8, 4) is 0 Å². The molecule has 2 aliphatic heterocycles. The van der Waals surface area contributed by atoms with Crippen LogP contribution in [0.5, 0.6) is 0 Å². The number of fused-ring (bicyclic) bond motifs is 5. The SMILES string of the molecule is CN1[C@@H]2CCC[C@H]1C[C@H](n1ccc3oc4ccccc4c3c1=O)C2. The Kier molecular flexibility index (Phi) is 3.10. The van der Waals surface area contributed by atoms with Gasteiger partial charge in [0.05, 0.1) is 5.39 Å². The van der Waals surface area contributed by atoms with Crippen LogP contribution >= 0.6 is 0 Å². The van der Waals surface area contributed by atoms with Gasteiger partial charge >= 0.3 is 0 Å². The molecule has 2 aromatic heterocycles. The molecule has 2 aliphatic rings. The zero-order valence-corrected chi connectivity index (χ0v) is 13.9. The van der Waals surface area contributed by atoms with Gasteiger partial charge in [-0.2, -0.15) is 0 Å². The van der Waals surface area contributed by atoms with E-state index in [0.29, 0.717) is 23.7 Å². The van der Waals surface area contributed by atoms with Crippen LogP contribution in [0.1, 0.15) is 38.1 Å². The van der Waals surface area contributed by atoms with Crippen molar-refractivity contribution in [2.24, 2.45) is 0 Å². The van der Waals surface area contributed by atoms with Crippen LogP contribution in [0, 0.1) is 0 Å². The van der Waals surface area contributed by atoms with Gasteiger partial charge in [-0.25, -0.2) is 0 Å². The van der Waals surface area contributed by atoms with Crippen LogP contribution in [0.25, 0.3) is 21.9 Å². The van der Waals surface area contributed by atoms with Crippen LogP contribution in [0.15, 0.2) is 45.7 Å². The van der Waals surface area contributed by atoms with E-state index in [2.05, 4.69) is 11.9 Å². The van der Waals surface area contributed by atoms with E-state index >= 15 is 0 Å². The van der Waals surface area contributed by atoms with E-state index in [1.54, 1.807) is 0 Å². The first-order valence-corrected chi connectivity index (χ1v) is 8.96. The monoisotopic (exact) mass is 322 g/mol. The number of hydrogen-bond donors (Lipinski definition) is 0. The number of benzene rings is 1. The van der Waals surface area contributed by atoms with Crippen molar-refractivity contribution >= 4 is 21.9 Å². The van der Waals surface area contributed by atoms with E-state index in [9.17, 15) is 4.79 Å². The summed E-state index contributed by atoms with van der Waals surface area (Å²) >= 11 is 0. The van der Waals surface area contributed by atoms with Gasteiger partial charge in [0.25, 0.3) is 5.56 Å². The first-order valence-electron chi connectivity index (χ1n) is 8.96. The Bertz CT molecular complexity index is 957. The highest BCUT2D eigenvalue weighted by Gasteiger charge is 2.37. The number of pyridine rings is 1. The Morgan fingerprint density at radius 3 is 2.54 bits per heavy atom. The number of rotatable bonds is 1. The summed E-state index contributed by atoms with van der Waals surface area (Å²) in [7, 11) is 2.25. The molecule has 124 valence electrons. The maximum Gasteiger partial charge on any atom is 0.262 e. The second kappa shape index (κ2) is 5.21.